The number of aliphatic hydroxyl groups is 1. The number of amides is 1. The van der Waals surface area contributed by atoms with E-state index >= 15 is 0 Å². The lowest BCUT2D eigenvalue weighted by atomic mass is 9.46. The van der Waals surface area contributed by atoms with Crippen molar-refractivity contribution in [2.75, 3.05) is 19.8 Å². The normalized spacial score (nSPS) is 35.9. The second-order valence-electron chi connectivity index (χ2n) is 6.33. The molecule has 1 aliphatic heterocycles. The molecule has 1 heterocycles. The van der Waals surface area contributed by atoms with E-state index in [4.69, 9.17) is 15.6 Å². The molecule has 0 aromatic carbocycles. The summed E-state index contributed by atoms with van der Waals surface area (Å²) in [4.78, 5) is 12.3. The summed E-state index contributed by atoms with van der Waals surface area (Å²) in [5.41, 5.74) is 4.44. The minimum atomic E-state index is -3.33. The maximum absolute atomic E-state index is 13.0. The summed E-state index contributed by atoms with van der Waals surface area (Å²) in [6.07, 6.45) is 1.47. The van der Waals surface area contributed by atoms with Crippen molar-refractivity contribution in [3.8, 4) is 0 Å². The predicted molar refractivity (Wildman–Crippen MR) is 68.2 cm³/mol. The molecule has 7 heteroatoms. The number of carbonyl (C=O) groups is 1. The molecule has 1 aliphatic carbocycles. The maximum Gasteiger partial charge on any atom is 0.287 e. The molecule has 2 fully saturated rings. The van der Waals surface area contributed by atoms with Gasteiger partial charge in [-0.2, -0.15) is 0 Å². The van der Waals surface area contributed by atoms with E-state index in [1.54, 1.807) is 0 Å². The van der Waals surface area contributed by atoms with Gasteiger partial charge in [0.05, 0.1) is 12.6 Å². The summed E-state index contributed by atoms with van der Waals surface area (Å²) in [5, 5.41) is 10.7. The van der Waals surface area contributed by atoms with Crippen LogP contribution in [0.3, 0.4) is 0 Å². The highest BCUT2D eigenvalue weighted by atomic mass is 19.3. The van der Waals surface area contributed by atoms with Crippen LogP contribution in [0.5, 0.6) is 0 Å². The molecule has 2 rings (SSSR count). The van der Waals surface area contributed by atoms with Gasteiger partial charge in [-0.1, -0.05) is 13.8 Å². The topological polar surface area (TPSA) is 84.6 Å². The fraction of sp³-hybridized carbons (Fsp3) is 0.923. The molecular weight excluding hydrogens is 270 g/mol. The molecule has 4 N–H and O–H groups in total. The standard InChI is InChI=1S/C13H22F2N2O3/c1-11(2)9-8(4-3-5-20-9)13(11,16)10(19)17-6-12(14,15)7-18/h8-9,18H,3-7,16H2,1-2H3,(H,17,19). The fourth-order valence-electron chi connectivity index (χ4n) is 3.45. The van der Waals surface area contributed by atoms with Gasteiger partial charge in [0.25, 0.3) is 5.92 Å². The first-order valence-corrected chi connectivity index (χ1v) is 6.84. The molecule has 3 atom stereocenters. The summed E-state index contributed by atoms with van der Waals surface area (Å²) in [5.74, 6) is -4.07. The van der Waals surface area contributed by atoms with Crippen molar-refractivity contribution in [2.45, 2.75) is 44.3 Å². The third-order valence-electron chi connectivity index (χ3n) is 4.80. The Kier molecular flexibility index (Phi) is 3.81. The van der Waals surface area contributed by atoms with Crippen molar-refractivity contribution in [3.63, 3.8) is 0 Å². The average molecular weight is 292 g/mol. The van der Waals surface area contributed by atoms with E-state index in [0.717, 1.165) is 12.8 Å². The second-order valence-corrected chi connectivity index (χ2v) is 6.33. The number of carbonyl (C=O) groups excluding carboxylic acids is 1. The first kappa shape index (κ1) is 15.6. The molecule has 0 bridgehead atoms. The quantitative estimate of drug-likeness (QED) is 0.694. The number of ether oxygens (including phenoxy) is 1. The van der Waals surface area contributed by atoms with E-state index in [2.05, 4.69) is 5.32 Å². The van der Waals surface area contributed by atoms with Crippen molar-refractivity contribution < 1.29 is 23.4 Å². The number of fused-ring (bicyclic) bond motifs is 1. The van der Waals surface area contributed by atoms with E-state index < -0.39 is 35.9 Å². The molecule has 0 radical (unpaired) electrons. The van der Waals surface area contributed by atoms with Crippen LogP contribution in [0.4, 0.5) is 8.78 Å². The monoisotopic (exact) mass is 292 g/mol. The number of alkyl halides is 2. The molecule has 0 aromatic rings. The largest absolute Gasteiger partial charge is 0.390 e. The summed E-state index contributed by atoms with van der Waals surface area (Å²) in [6.45, 7) is 2.08. The van der Waals surface area contributed by atoms with Crippen LogP contribution >= 0.6 is 0 Å². The SMILES string of the molecule is CC1(C)C2OCCCC2C1(N)C(=O)NCC(F)(F)CO. The lowest BCUT2D eigenvalue weighted by Crippen LogP contribution is -2.82. The van der Waals surface area contributed by atoms with Gasteiger partial charge in [0.1, 0.15) is 12.1 Å². The number of hydrogen-bond acceptors (Lipinski definition) is 4. The molecule has 116 valence electrons. The van der Waals surface area contributed by atoms with E-state index in [1.165, 1.54) is 0 Å². The summed E-state index contributed by atoms with van der Waals surface area (Å²) < 4.78 is 31.7. The third kappa shape index (κ3) is 2.12. The van der Waals surface area contributed by atoms with E-state index in [-0.39, 0.29) is 12.0 Å². The van der Waals surface area contributed by atoms with Crippen LogP contribution < -0.4 is 11.1 Å². The number of nitrogens with two attached hydrogens (primary N) is 1. The Balaban J connectivity index is 2.08. The van der Waals surface area contributed by atoms with Gasteiger partial charge in [0.2, 0.25) is 5.91 Å². The zero-order valence-electron chi connectivity index (χ0n) is 11.8. The highest BCUT2D eigenvalue weighted by molar-refractivity contribution is 5.89. The Bertz CT molecular complexity index is 403. The summed E-state index contributed by atoms with van der Waals surface area (Å²) >= 11 is 0. The van der Waals surface area contributed by atoms with Gasteiger partial charge < -0.3 is 20.9 Å². The molecule has 0 aromatic heterocycles. The Morgan fingerprint density at radius 3 is 2.80 bits per heavy atom. The first-order chi connectivity index (χ1) is 9.17. The van der Waals surface area contributed by atoms with Crippen LogP contribution in [-0.2, 0) is 9.53 Å². The Labute approximate surface area is 116 Å². The van der Waals surface area contributed by atoms with Crippen molar-refractivity contribution in [3.05, 3.63) is 0 Å². The lowest BCUT2D eigenvalue weighted by Gasteiger charge is -2.65. The zero-order chi connectivity index (χ0) is 15.2. The Morgan fingerprint density at radius 2 is 2.20 bits per heavy atom. The van der Waals surface area contributed by atoms with Crippen LogP contribution in [0, 0.1) is 11.3 Å². The first-order valence-electron chi connectivity index (χ1n) is 6.84. The highest BCUT2D eigenvalue weighted by Crippen LogP contribution is 2.57. The maximum atomic E-state index is 13.0. The average Bonchev–Trinajstić information content (AvgIpc) is 2.43. The molecule has 5 nitrogen and oxygen atoms in total. The Morgan fingerprint density at radius 1 is 1.55 bits per heavy atom. The van der Waals surface area contributed by atoms with Gasteiger partial charge in [-0.3, -0.25) is 4.79 Å². The smallest absolute Gasteiger partial charge is 0.287 e. The number of aliphatic hydroxyl groups excluding tert-OH is 1. The van der Waals surface area contributed by atoms with E-state index in [0.29, 0.717) is 6.61 Å². The molecule has 20 heavy (non-hydrogen) atoms. The number of nitrogens with one attached hydrogen (secondary N) is 1. The predicted octanol–water partition coefficient (Wildman–Crippen LogP) is 0.263. The molecule has 0 spiro atoms. The van der Waals surface area contributed by atoms with Crippen LogP contribution in [0.2, 0.25) is 0 Å². The van der Waals surface area contributed by atoms with Crippen molar-refractivity contribution in [1.29, 1.82) is 0 Å². The highest BCUT2D eigenvalue weighted by Gasteiger charge is 2.70. The van der Waals surface area contributed by atoms with Crippen molar-refractivity contribution in [2.24, 2.45) is 17.1 Å². The molecule has 1 saturated carbocycles. The summed E-state index contributed by atoms with van der Waals surface area (Å²) in [6, 6.07) is 0. The summed E-state index contributed by atoms with van der Waals surface area (Å²) in [7, 11) is 0. The molecule has 1 amide bonds. The molecule has 2 aliphatic rings. The van der Waals surface area contributed by atoms with Gasteiger partial charge in [0, 0.05) is 17.9 Å². The minimum Gasteiger partial charge on any atom is -0.390 e. The fourth-order valence-corrected chi connectivity index (χ4v) is 3.45. The van der Waals surface area contributed by atoms with Crippen LogP contribution in [0.25, 0.3) is 0 Å². The van der Waals surface area contributed by atoms with Crippen molar-refractivity contribution in [1.82, 2.24) is 5.32 Å². The number of rotatable bonds is 4. The molecule has 1 saturated heterocycles. The Hall–Kier alpha value is -0.790. The van der Waals surface area contributed by atoms with Gasteiger partial charge >= 0.3 is 0 Å². The van der Waals surface area contributed by atoms with Crippen LogP contribution in [0.15, 0.2) is 0 Å². The molecular formula is C13H22F2N2O3. The third-order valence-corrected chi connectivity index (χ3v) is 4.80. The van der Waals surface area contributed by atoms with E-state index in [1.807, 2.05) is 13.8 Å². The second kappa shape index (κ2) is 4.89. The number of hydrogen-bond donors (Lipinski definition) is 3. The van der Waals surface area contributed by atoms with Crippen LogP contribution in [-0.4, -0.2) is 48.3 Å². The van der Waals surface area contributed by atoms with Gasteiger partial charge in [0.15, 0.2) is 0 Å². The van der Waals surface area contributed by atoms with Gasteiger partial charge in [-0.25, -0.2) is 8.78 Å². The lowest BCUT2D eigenvalue weighted by molar-refractivity contribution is -0.225. The van der Waals surface area contributed by atoms with Gasteiger partial charge in [-0.05, 0) is 12.8 Å². The number of halogens is 2. The zero-order valence-corrected chi connectivity index (χ0v) is 11.8. The van der Waals surface area contributed by atoms with E-state index in [9.17, 15) is 13.6 Å². The van der Waals surface area contributed by atoms with Gasteiger partial charge in [-0.15, -0.1) is 0 Å². The van der Waals surface area contributed by atoms with Crippen molar-refractivity contribution >= 4 is 5.91 Å². The molecule has 3 unspecified atom stereocenters. The minimum absolute atomic E-state index is 0.106. The van der Waals surface area contributed by atoms with Crippen LogP contribution in [0.1, 0.15) is 26.7 Å².